The number of rotatable bonds is 7. The quantitative estimate of drug-likeness (QED) is 0.819. The van der Waals surface area contributed by atoms with E-state index in [9.17, 15) is 4.39 Å². The summed E-state index contributed by atoms with van der Waals surface area (Å²) in [5.74, 6) is -0.172. The molecular formula is C18H28FNO. The van der Waals surface area contributed by atoms with Crippen LogP contribution >= 0.6 is 0 Å². The number of hydrogen-bond acceptors (Lipinski definition) is 2. The van der Waals surface area contributed by atoms with Gasteiger partial charge in [0.15, 0.2) is 0 Å². The van der Waals surface area contributed by atoms with Gasteiger partial charge in [-0.2, -0.15) is 0 Å². The summed E-state index contributed by atoms with van der Waals surface area (Å²) in [5.41, 5.74) is 1.17. The maximum Gasteiger partial charge on any atom is 0.123 e. The normalized spacial score (nSPS) is 20.7. The highest BCUT2D eigenvalue weighted by molar-refractivity contribution is 5.26. The van der Waals surface area contributed by atoms with Crippen LogP contribution in [0.15, 0.2) is 24.3 Å². The zero-order valence-electron chi connectivity index (χ0n) is 13.5. The Morgan fingerprint density at radius 1 is 1.33 bits per heavy atom. The molecule has 2 rings (SSSR count). The predicted octanol–water partition coefficient (Wildman–Crippen LogP) is 4.04. The van der Waals surface area contributed by atoms with Crippen molar-refractivity contribution in [3.05, 3.63) is 35.6 Å². The summed E-state index contributed by atoms with van der Waals surface area (Å²) >= 11 is 0. The lowest BCUT2D eigenvalue weighted by Crippen LogP contribution is -2.43. The summed E-state index contributed by atoms with van der Waals surface area (Å²) in [6.07, 6.45) is 6.32. The zero-order chi connectivity index (χ0) is 15.3. The molecule has 118 valence electrons. The molecule has 1 aliphatic heterocycles. The van der Waals surface area contributed by atoms with Gasteiger partial charge in [-0.25, -0.2) is 4.39 Å². The molecule has 1 N–H and O–H groups in total. The van der Waals surface area contributed by atoms with Crippen molar-refractivity contribution < 1.29 is 9.13 Å². The Kier molecular flexibility index (Phi) is 5.77. The molecule has 1 aromatic carbocycles. The summed E-state index contributed by atoms with van der Waals surface area (Å²) in [4.78, 5) is 0. The lowest BCUT2D eigenvalue weighted by atomic mass is 9.76. The number of halogens is 1. The number of ether oxygens (including phenoxy) is 1. The average Bonchev–Trinajstić information content (AvgIpc) is 2.97. The van der Waals surface area contributed by atoms with E-state index >= 15 is 0 Å². The SMILES string of the molecule is CNC(CCCC1CCCO1)C(C)(C)c1ccc(F)cc1. The Labute approximate surface area is 128 Å². The highest BCUT2D eigenvalue weighted by atomic mass is 19.1. The smallest absolute Gasteiger partial charge is 0.123 e. The van der Waals surface area contributed by atoms with Gasteiger partial charge in [0.2, 0.25) is 0 Å². The van der Waals surface area contributed by atoms with Gasteiger partial charge < -0.3 is 10.1 Å². The fourth-order valence-electron chi connectivity index (χ4n) is 3.37. The van der Waals surface area contributed by atoms with E-state index in [1.807, 2.05) is 19.2 Å². The number of hydrogen-bond donors (Lipinski definition) is 1. The van der Waals surface area contributed by atoms with E-state index in [2.05, 4.69) is 19.2 Å². The Morgan fingerprint density at radius 2 is 2.05 bits per heavy atom. The second-order valence-electron chi connectivity index (χ2n) is 6.64. The first-order valence-electron chi connectivity index (χ1n) is 8.09. The lowest BCUT2D eigenvalue weighted by molar-refractivity contribution is 0.100. The second-order valence-corrected chi connectivity index (χ2v) is 6.64. The van der Waals surface area contributed by atoms with Gasteiger partial charge in [-0.15, -0.1) is 0 Å². The van der Waals surface area contributed by atoms with Crippen LogP contribution in [0.25, 0.3) is 0 Å². The fraction of sp³-hybridized carbons (Fsp3) is 0.667. The summed E-state index contributed by atoms with van der Waals surface area (Å²) in [6.45, 7) is 5.39. The summed E-state index contributed by atoms with van der Waals surface area (Å²) in [5, 5.41) is 3.45. The van der Waals surface area contributed by atoms with Gasteiger partial charge in [-0.3, -0.25) is 0 Å². The minimum Gasteiger partial charge on any atom is -0.378 e. The van der Waals surface area contributed by atoms with E-state index in [0.717, 1.165) is 19.4 Å². The summed E-state index contributed by atoms with van der Waals surface area (Å²) in [6, 6.07) is 7.29. The van der Waals surface area contributed by atoms with E-state index in [-0.39, 0.29) is 11.2 Å². The fourth-order valence-corrected chi connectivity index (χ4v) is 3.37. The van der Waals surface area contributed by atoms with Crippen molar-refractivity contribution in [2.45, 2.75) is 63.5 Å². The van der Waals surface area contributed by atoms with Gasteiger partial charge in [-0.05, 0) is 56.8 Å². The number of nitrogens with one attached hydrogen (secondary N) is 1. The van der Waals surface area contributed by atoms with Crippen LogP contribution in [-0.2, 0) is 10.2 Å². The van der Waals surface area contributed by atoms with E-state index < -0.39 is 0 Å². The molecule has 21 heavy (non-hydrogen) atoms. The molecule has 1 heterocycles. The standard InChI is InChI=1S/C18H28FNO/c1-18(2,14-9-11-15(19)12-10-14)17(20-3)8-4-6-16-7-5-13-21-16/h9-12,16-17,20H,4-8,13H2,1-3H3. The van der Waals surface area contributed by atoms with Crippen molar-refractivity contribution in [3.8, 4) is 0 Å². The van der Waals surface area contributed by atoms with Crippen LogP contribution in [0.1, 0.15) is 51.5 Å². The first-order valence-corrected chi connectivity index (χ1v) is 8.09. The van der Waals surface area contributed by atoms with Crippen molar-refractivity contribution in [2.24, 2.45) is 0 Å². The van der Waals surface area contributed by atoms with E-state index in [1.165, 1.54) is 24.8 Å². The number of likely N-dealkylation sites (N-methyl/N-ethyl adjacent to an activating group) is 1. The van der Waals surface area contributed by atoms with Crippen LogP contribution in [0.4, 0.5) is 4.39 Å². The van der Waals surface area contributed by atoms with E-state index in [4.69, 9.17) is 4.74 Å². The van der Waals surface area contributed by atoms with Gasteiger partial charge in [0.1, 0.15) is 5.82 Å². The molecular weight excluding hydrogens is 265 g/mol. The third-order valence-electron chi connectivity index (χ3n) is 4.85. The molecule has 1 aromatic rings. The Balaban J connectivity index is 1.92. The van der Waals surface area contributed by atoms with Crippen molar-refractivity contribution in [2.75, 3.05) is 13.7 Å². The molecule has 0 bridgehead atoms. The lowest BCUT2D eigenvalue weighted by Gasteiger charge is -2.35. The van der Waals surface area contributed by atoms with Crippen LogP contribution in [0.2, 0.25) is 0 Å². The maximum atomic E-state index is 13.1. The van der Waals surface area contributed by atoms with Crippen molar-refractivity contribution in [1.29, 1.82) is 0 Å². The second kappa shape index (κ2) is 7.37. The minimum atomic E-state index is -0.172. The molecule has 0 radical (unpaired) electrons. The molecule has 2 nitrogen and oxygen atoms in total. The summed E-state index contributed by atoms with van der Waals surface area (Å²) < 4.78 is 18.8. The summed E-state index contributed by atoms with van der Waals surface area (Å²) in [7, 11) is 2.02. The third-order valence-corrected chi connectivity index (χ3v) is 4.85. The van der Waals surface area contributed by atoms with Crippen LogP contribution in [0.5, 0.6) is 0 Å². The van der Waals surface area contributed by atoms with Gasteiger partial charge in [0, 0.05) is 18.1 Å². The van der Waals surface area contributed by atoms with Crippen LogP contribution < -0.4 is 5.32 Å². The van der Waals surface area contributed by atoms with Crippen LogP contribution in [0.3, 0.4) is 0 Å². The minimum absolute atomic E-state index is 0.0149. The molecule has 2 atom stereocenters. The molecule has 3 heteroatoms. The Bertz CT molecular complexity index is 423. The van der Waals surface area contributed by atoms with Crippen molar-refractivity contribution >= 4 is 0 Å². The molecule has 1 aliphatic rings. The topological polar surface area (TPSA) is 21.3 Å². The van der Waals surface area contributed by atoms with E-state index in [1.54, 1.807) is 12.1 Å². The van der Waals surface area contributed by atoms with Gasteiger partial charge in [-0.1, -0.05) is 26.0 Å². The Morgan fingerprint density at radius 3 is 2.62 bits per heavy atom. The van der Waals surface area contributed by atoms with Gasteiger partial charge in [0.05, 0.1) is 6.10 Å². The monoisotopic (exact) mass is 293 g/mol. The predicted molar refractivity (Wildman–Crippen MR) is 85.1 cm³/mol. The van der Waals surface area contributed by atoms with Crippen LogP contribution in [-0.4, -0.2) is 25.8 Å². The van der Waals surface area contributed by atoms with E-state index in [0.29, 0.717) is 12.1 Å². The molecule has 0 saturated carbocycles. The van der Waals surface area contributed by atoms with Crippen molar-refractivity contribution in [1.82, 2.24) is 5.32 Å². The van der Waals surface area contributed by atoms with Gasteiger partial charge >= 0.3 is 0 Å². The highest BCUT2D eigenvalue weighted by Crippen LogP contribution is 2.30. The van der Waals surface area contributed by atoms with Crippen molar-refractivity contribution in [3.63, 3.8) is 0 Å². The maximum absolute atomic E-state index is 13.1. The molecule has 0 spiro atoms. The van der Waals surface area contributed by atoms with Gasteiger partial charge in [0.25, 0.3) is 0 Å². The molecule has 2 unspecified atom stereocenters. The highest BCUT2D eigenvalue weighted by Gasteiger charge is 2.30. The molecule has 1 fully saturated rings. The molecule has 0 aliphatic carbocycles. The molecule has 0 amide bonds. The molecule has 1 saturated heterocycles. The molecule has 0 aromatic heterocycles. The average molecular weight is 293 g/mol. The number of benzene rings is 1. The largest absolute Gasteiger partial charge is 0.378 e. The third kappa shape index (κ3) is 4.27. The van der Waals surface area contributed by atoms with Crippen LogP contribution in [0, 0.1) is 5.82 Å². The zero-order valence-corrected chi connectivity index (χ0v) is 13.5. The first kappa shape index (κ1) is 16.4. The first-order chi connectivity index (χ1) is 10.0. The Hall–Kier alpha value is -0.930.